The van der Waals surface area contributed by atoms with Crippen LogP contribution < -0.4 is 4.74 Å². The molecule has 0 unspecified atom stereocenters. The van der Waals surface area contributed by atoms with Crippen molar-refractivity contribution in [1.82, 2.24) is 0 Å². The number of hydrogen-bond acceptors (Lipinski definition) is 2. The molecular formula is C14H8Cl2FNO. The van der Waals surface area contributed by atoms with E-state index in [2.05, 4.69) is 0 Å². The van der Waals surface area contributed by atoms with Crippen LogP contribution in [0.4, 0.5) is 4.39 Å². The molecule has 0 atom stereocenters. The molecule has 0 radical (unpaired) electrons. The monoisotopic (exact) mass is 295 g/mol. The Bertz CT molecular complexity index is 652. The quantitative estimate of drug-likeness (QED) is 0.830. The van der Waals surface area contributed by atoms with E-state index in [1.54, 1.807) is 24.3 Å². The van der Waals surface area contributed by atoms with Crippen molar-refractivity contribution < 1.29 is 9.13 Å². The van der Waals surface area contributed by atoms with Crippen LogP contribution in [0.15, 0.2) is 36.4 Å². The average molecular weight is 296 g/mol. The van der Waals surface area contributed by atoms with Gasteiger partial charge in [-0.15, -0.1) is 0 Å². The summed E-state index contributed by atoms with van der Waals surface area (Å²) in [7, 11) is 0. The van der Waals surface area contributed by atoms with Gasteiger partial charge < -0.3 is 4.74 Å². The van der Waals surface area contributed by atoms with E-state index in [-0.39, 0.29) is 17.9 Å². The van der Waals surface area contributed by atoms with Gasteiger partial charge in [0, 0.05) is 15.6 Å². The van der Waals surface area contributed by atoms with Crippen LogP contribution in [-0.4, -0.2) is 0 Å². The smallest absolute Gasteiger partial charge is 0.144 e. The summed E-state index contributed by atoms with van der Waals surface area (Å²) in [5.74, 6) is -0.421. The largest absolute Gasteiger partial charge is 0.487 e. The Labute approximate surface area is 119 Å². The van der Waals surface area contributed by atoms with Crippen molar-refractivity contribution in [2.75, 3.05) is 0 Å². The Kier molecular flexibility index (Phi) is 4.26. The SMILES string of the molecule is N#Cc1c(F)cccc1OCc1ccc(Cl)cc1Cl. The van der Waals surface area contributed by atoms with Crippen LogP contribution in [0, 0.1) is 17.1 Å². The van der Waals surface area contributed by atoms with Crippen molar-refractivity contribution in [3.63, 3.8) is 0 Å². The normalized spacial score (nSPS) is 10.0. The zero-order chi connectivity index (χ0) is 13.8. The topological polar surface area (TPSA) is 33.0 Å². The molecule has 0 aromatic heterocycles. The van der Waals surface area contributed by atoms with Gasteiger partial charge in [0.1, 0.15) is 29.8 Å². The van der Waals surface area contributed by atoms with Crippen molar-refractivity contribution in [2.45, 2.75) is 6.61 Å². The second-order valence-corrected chi connectivity index (χ2v) is 4.59. The first-order valence-corrected chi connectivity index (χ1v) is 6.12. The summed E-state index contributed by atoms with van der Waals surface area (Å²) < 4.78 is 18.8. The predicted octanol–water partition coefficient (Wildman–Crippen LogP) is 4.58. The second kappa shape index (κ2) is 5.92. The third kappa shape index (κ3) is 3.17. The number of nitriles is 1. The Morgan fingerprint density at radius 3 is 2.68 bits per heavy atom. The number of rotatable bonds is 3. The number of benzene rings is 2. The van der Waals surface area contributed by atoms with Crippen LogP contribution >= 0.6 is 23.2 Å². The molecule has 0 aliphatic heterocycles. The van der Waals surface area contributed by atoms with Gasteiger partial charge in [-0.05, 0) is 24.3 Å². The van der Waals surface area contributed by atoms with Crippen LogP contribution in [0.5, 0.6) is 5.75 Å². The number of hydrogen-bond donors (Lipinski definition) is 0. The van der Waals surface area contributed by atoms with Crippen LogP contribution in [0.2, 0.25) is 10.0 Å². The fraction of sp³-hybridized carbons (Fsp3) is 0.0714. The average Bonchev–Trinajstić information content (AvgIpc) is 2.38. The maximum absolute atomic E-state index is 13.4. The van der Waals surface area contributed by atoms with E-state index >= 15 is 0 Å². The Morgan fingerprint density at radius 1 is 1.21 bits per heavy atom. The summed E-state index contributed by atoms with van der Waals surface area (Å²) in [5.41, 5.74) is 0.590. The van der Waals surface area contributed by atoms with Crippen LogP contribution in [0.25, 0.3) is 0 Å². The van der Waals surface area contributed by atoms with Gasteiger partial charge in [0.05, 0.1) is 0 Å². The third-order valence-electron chi connectivity index (χ3n) is 2.49. The van der Waals surface area contributed by atoms with Gasteiger partial charge in [-0.1, -0.05) is 35.3 Å². The lowest BCUT2D eigenvalue weighted by Gasteiger charge is -2.09. The first-order valence-electron chi connectivity index (χ1n) is 5.37. The lowest BCUT2D eigenvalue weighted by atomic mass is 10.2. The van der Waals surface area contributed by atoms with E-state index in [9.17, 15) is 4.39 Å². The highest BCUT2D eigenvalue weighted by Crippen LogP contribution is 2.25. The molecule has 0 N–H and O–H groups in total. The maximum Gasteiger partial charge on any atom is 0.144 e. The van der Waals surface area contributed by atoms with E-state index < -0.39 is 5.82 Å². The summed E-state index contributed by atoms with van der Waals surface area (Å²) in [6, 6.07) is 11.0. The van der Waals surface area contributed by atoms with Crippen molar-refractivity contribution in [2.24, 2.45) is 0 Å². The fourth-order valence-corrected chi connectivity index (χ4v) is 1.99. The summed E-state index contributed by atoms with van der Waals surface area (Å²) in [6.07, 6.45) is 0. The summed E-state index contributed by atoms with van der Waals surface area (Å²) in [4.78, 5) is 0. The minimum atomic E-state index is -0.609. The summed E-state index contributed by atoms with van der Waals surface area (Å²) in [5, 5.41) is 9.86. The van der Waals surface area contributed by atoms with E-state index in [0.29, 0.717) is 15.6 Å². The minimum absolute atomic E-state index is 0.118. The first-order chi connectivity index (χ1) is 9.11. The molecule has 0 amide bonds. The van der Waals surface area contributed by atoms with Crippen LogP contribution in [0.3, 0.4) is 0 Å². The molecule has 0 fully saturated rings. The van der Waals surface area contributed by atoms with Crippen LogP contribution in [-0.2, 0) is 6.61 Å². The molecule has 2 nitrogen and oxygen atoms in total. The Balaban J connectivity index is 2.20. The minimum Gasteiger partial charge on any atom is -0.487 e. The van der Waals surface area contributed by atoms with Gasteiger partial charge in [0.15, 0.2) is 0 Å². The molecule has 0 heterocycles. The number of halogens is 3. The van der Waals surface area contributed by atoms with Crippen molar-refractivity contribution >= 4 is 23.2 Å². The maximum atomic E-state index is 13.4. The lowest BCUT2D eigenvalue weighted by Crippen LogP contribution is -1.99. The lowest BCUT2D eigenvalue weighted by molar-refractivity contribution is 0.303. The van der Waals surface area contributed by atoms with E-state index in [1.807, 2.05) is 0 Å². The van der Waals surface area contributed by atoms with E-state index in [4.69, 9.17) is 33.2 Å². The molecule has 0 aliphatic rings. The van der Waals surface area contributed by atoms with Crippen molar-refractivity contribution in [3.8, 4) is 11.8 Å². The van der Waals surface area contributed by atoms with Gasteiger partial charge in [-0.2, -0.15) is 5.26 Å². The van der Waals surface area contributed by atoms with E-state index in [0.717, 1.165) is 0 Å². The zero-order valence-corrected chi connectivity index (χ0v) is 11.2. The first kappa shape index (κ1) is 13.7. The van der Waals surface area contributed by atoms with Crippen LogP contribution in [0.1, 0.15) is 11.1 Å². The number of ether oxygens (including phenoxy) is 1. The second-order valence-electron chi connectivity index (χ2n) is 3.75. The third-order valence-corrected chi connectivity index (χ3v) is 3.07. The molecular weight excluding hydrogens is 288 g/mol. The Morgan fingerprint density at radius 2 is 2.00 bits per heavy atom. The van der Waals surface area contributed by atoms with Gasteiger partial charge in [-0.3, -0.25) is 0 Å². The highest BCUT2D eigenvalue weighted by atomic mass is 35.5. The van der Waals surface area contributed by atoms with Gasteiger partial charge in [0.2, 0.25) is 0 Å². The molecule has 0 bridgehead atoms. The molecule has 0 saturated heterocycles. The molecule has 0 saturated carbocycles. The summed E-state index contributed by atoms with van der Waals surface area (Å²) in [6.45, 7) is 0.133. The molecule has 0 spiro atoms. The molecule has 19 heavy (non-hydrogen) atoms. The van der Waals surface area contributed by atoms with Gasteiger partial charge in [0.25, 0.3) is 0 Å². The Hall–Kier alpha value is -1.76. The predicted molar refractivity (Wildman–Crippen MR) is 71.9 cm³/mol. The molecule has 2 aromatic carbocycles. The molecule has 5 heteroatoms. The molecule has 0 aliphatic carbocycles. The highest BCUT2D eigenvalue weighted by Gasteiger charge is 2.10. The zero-order valence-electron chi connectivity index (χ0n) is 9.66. The summed E-state index contributed by atoms with van der Waals surface area (Å²) >= 11 is 11.8. The number of nitrogens with zero attached hydrogens (tertiary/aromatic N) is 1. The molecule has 2 aromatic rings. The van der Waals surface area contributed by atoms with Gasteiger partial charge in [-0.25, -0.2) is 4.39 Å². The fourth-order valence-electron chi connectivity index (χ4n) is 1.53. The molecule has 96 valence electrons. The molecule has 2 rings (SSSR count). The van der Waals surface area contributed by atoms with Crippen molar-refractivity contribution in [1.29, 1.82) is 5.26 Å². The standard InChI is InChI=1S/C14H8Cl2FNO/c15-10-5-4-9(12(16)6-10)8-19-14-3-1-2-13(17)11(14)7-18/h1-6H,8H2. The highest BCUT2D eigenvalue weighted by molar-refractivity contribution is 6.35. The van der Waals surface area contributed by atoms with E-state index in [1.165, 1.54) is 18.2 Å². The van der Waals surface area contributed by atoms with Gasteiger partial charge >= 0.3 is 0 Å². The van der Waals surface area contributed by atoms with Crippen molar-refractivity contribution in [3.05, 3.63) is 63.4 Å².